The van der Waals surface area contributed by atoms with Gasteiger partial charge in [-0.05, 0) is 43.0 Å². The Bertz CT molecular complexity index is 1060. The van der Waals surface area contributed by atoms with Gasteiger partial charge in [-0.1, -0.05) is 0 Å². The first-order valence-corrected chi connectivity index (χ1v) is 8.87. The van der Waals surface area contributed by atoms with Crippen LogP contribution in [0.1, 0.15) is 28.0 Å². The lowest BCUT2D eigenvalue weighted by molar-refractivity contribution is 0.0458. The van der Waals surface area contributed by atoms with E-state index in [1.165, 1.54) is 0 Å². The number of carbonyl (C=O) groups is 1. The second kappa shape index (κ2) is 5.76. The monoisotopic (exact) mass is 350 g/mol. The van der Waals surface area contributed by atoms with Crippen LogP contribution in [0.2, 0.25) is 0 Å². The molecular weight excluding hydrogens is 332 g/mol. The first kappa shape index (κ1) is 15.2. The van der Waals surface area contributed by atoms with Crippen LogP contribution in [0.3, 0.4) is 0 Å². The molecule has 0 bridgehead atoms. The number of amides is 1. The van der Waals surface area contributed by atoms with Crippen molar-refractivity contribution in [3.8, 4) is 0 Å². The molecule has 1 fully saturated rings. The molecule has 5 rings (SSSR count). The van der Waals surface area contributed by atoms with Gasteiger partial charge in [0.15, 0.2) is 0 Å². The fourth-order valence-corrected chi connectivity index (χ4v) is 3.82. The molecule has 1 amide bonds. The molecular formula is C18H18N6O2. The maximum atomic E-state index is 12.6. The summed E-state index contributed by atoms with van der Waals surface area (Å²) >= 11 is 0. The molecule has 1 aromatic carbocycles. The van der Waals surface area contributed by atoms with Crippen molar-refractivity contribution in [1.29, 1.82) is 0 Å². The minimum Gasteiger partial charge on any atom is -0.338 e. The number of H-pyrrole nitrogens is 1. The van der Waals surface area contributed by atoms with E-state index in [0.717, 1.165) is 36.0 Å². The second-order valence-corrected chi connectivity index (χ2v) is 7.09. The van der Waals surface area contributed by atoms with Crippen molar-refractivity contribution in [2.75, 3.05) is 13.1 Å². The van der Waals surface area contributed by atoms with Gasteiger partial charge in [-0.15, -0.1) is 0 Å². The molecule has 26 heavy (non-hydrogen) atoms. The summed E-state index contributed by atoms with van der Waals surface area (Å²) in [5, 5.41) is 15.1. The Labute approximate surface area is 148 Å². The molecule has 2 aliphatic rings. The van der Waals surface area contributed by atoms with Crippen molar-refractivity contribution < 1.29 is 4.79 Å². The van der Waals surface area contributed by atoms with Gasteiger partial charge in [-0.2, -0.15) is 20.5 Å². The highest BCUT2D eigenvalue weighted by atomic mass is 16.2. The fourth-order valence-electron chi connectivity index (χ4n) is 3.82. The van der Waals surface area contributed by atoms with Crippen LogP contribution in [0.4, 0.5) is 0 Å². The minimum atomic E-state index is -0.0353. The molecule has 3 aromatic rings. The third kappa shape index (κ3) is 2.49. The molecule has 0 atom stereocenters. The highest BCUT2D eigenvalue weighted by Gasteiger charge is 2.32. The Hall–Kier alpha value is -3.03. The molecule has 0 spiro atoms. The number of likely N-dealkylation sites (tertiary alicyclic amines) is 1. The topological polar surface area (TPSA) is 96.8 Å². The van der Waals surface area contributed by atoms with E-state index in [4.69, 9.17) is 0 Å². The van der Waals surface area contributed by atoms with Gasteiger partial charge in [0, 0.05) is 30.6 Å². The lowest BCUT2D eigenvalue weighted by Gasteiger charge is -2.39. The molecule has 8 heteroatoms. The van der Waals surface area contributed by atoms with Crippen LogP contribution < -0.4 is 5.56 Å². The molecule has 8 nitrogen and oxygen atoms in total. The van der Waals surface area contributed by atoms with Crippen molar-refractivity contribution in [3.05, 3.63) is 51.4 Å². The summed E-state index contributed by atoms with van der Waals surface area (Å²) in [6, 6.07) is 7.04. The number of carbonyl (C=O) groups excluding carboxylic acids is 1. The van der Waals surface area contributed by atoms with E-state index >= 15 is 0 Å². The predicted molar refractivity (Wildman–Crippen MR) is 93.8 cm³/mol. The number of nitrogens with one attached hydrogen (secondary N) is 1. The number of rotatable bonds is 3. The summed E-state index contributed by atoms with van der Waals surface area (Å²) in [4.78, 5) is 26.6. The van der Waals surface area contributed by atoms with Crippen LogP contribution in [0.25, 0.3) is 11.0 Å². The Kier molecular flexibility index (Phi) is 3.37. The lowest BCUT2D eigenvalue weighted by atomic mass is 9.98. The Balaban J connectivity index is 1.26. The Morgan fingerprint density at radius 2 is 2.00 bits per heavy atom. The predicted octanol–water partition coefficient (Wildman–Crippen LogP) is 0.775. The second-order valence-electron chi connectivity index (χ2n) is 7.09. The number of nitrogens with zero attached hydrogens (tertiary/aromatic N) is 5. The van der Waals surface area contributed by atoms with Gasteiger partial charge in [0.25, 0.3) is 11.5 Å². The highest BCUT2D eigenvalue weighted by molar-refractivity contribution is 5.97. The van der Waals surface area contributed by atoms with Crippen molar-refractivity contribution in [2.24, 2.45) is 5.92 Å². The molecule has 0 saturated carbocycles. The first-order chi connectivity index (χ1) is 12.7. The minimum absolute atomic E-state index is 0.0135. The van der Waals surface area contributed by atoms with Crippen LogP contribution in [0.5, 0.6) is 0 Å². The number of aryl methyl sites for hydroxylation is 2. The summed E-state index contributed by atoms with van der Waals surface area (Å²) in [7, 11) is 0. The molecule has 1 saturated heterocycles. The highest BCUT2D eigenvalue weighted by Crippen LogP contribution is 2.22. The SMILES string of the molecule is O=C(c1ccc2n[nH]nc2c1)N1CC(Cn2nc3c(cc2=O)CCC3)C1. The smallest absolute Gasteiger partial charge is 0.267 e. The maximum absolute atomic E-state index is 12.6. The van der Waals surface area contributed by atoms with Crippen LogP contribution in [0.15, 0.2) is 29.1 Å². The standard InChI is InChI=1S/C18H18N6O2/c25-17-7-12-2-1-3-14(12)21-24(17)10-11-8-23(9-11)18(26)13-4-5-15-16(6-13)20-22-19-15/h4-7,11H,1-3,8-10H2,(H,19,20,22). The zero-order valence-corrected chi connectivity index (χ0v) is 14.2. The molecule has 1 aliphatic carbocycles. The third-order valence-corrected chi connectivity index (χ3v) is 5.26. The average Bonchev–Trinajstić information content (AvgIpc) is 3.24. The van der Waals surface area contributed by atoms with Gasteiger partial charge in [-0.25, -0.2) is 4.68 Å². The molecule has 1 N–H and O–H groups in total. The summed E-state index contributed by atoms with van der Waals surface area (Å²) in [5.74, 6) is 0.250. The zero-order chi connectivity index (χ0) is 17.7. The van der Waals surface area contributed by atoms with E-state index in [0.29, 0.717) is 30.7 Å². The zero-order valence-electron chi connectivity index (χ0n) is 14.2. The van der Waals surface area contributed by atoms with Crippen molar-refractivity contribution in [3.63, 3.8) is 0 Å². The third-order valence-electron chi connectivity index (χ3n) is 5.26. The van der Waals surface area contributed by atoms with Gasteiger partial charge < -0.3 is 4.90 Å². The van der Waals surface area contributed by atoms with Gasteiger partial charge in [0.05, 0.1) is 12.2 Å². The molecule has 0 unspecified atom stereocenters. The molecule has 0 radical (unpaired) electrons. The average molecular weight is 350 g/mol. The molecule has 2 aromatic heterocycles. The summed E-state index contributed by atoms with van der Waals surface area (Å²) in [6.07, 6.45) is 2.99. The number of hydrogen-bond donors (Lipinski definition) is 1. The normalized spacial score (nSPS) is 16.7. The maximum Gasteiger partial charge on any atom is 0.267 e. The van der Waals surface area contributed by atoms with Crippen LogP contribution in [0, 0.1) is 5.92 Å². The number of aromatic amines is 1. The van der Waals surface area contributed by atoms with Gasteiger partial charge in [0.2, 0.25) is 0 Å². The Morgan fingerprint density at radius 3 is 2.88 bits per heavy atom. The fraction of sp³-hybridized carbons (Fsp3) is 0.389. The van der Waals surface area contributed by atoms with Crippen molar-refractivity contribution >= 4 is 16.9 Å². The van der Waals surface area contributed by atoms with E-state index in [1.807, 2.05) is 0 Å². The van der Waals surface area contributed by atoms with Gasteiger partial charge in [0.1, 0.15) is 11.0 Å². The Morgan fingerprint density at radius 1 is 1.15 bits per heavy atom. The van der Waals surface area contributed by atoms with Crippen molar-refractivity contribution in [1.82, 2.24) is 30.1 Å². The molecule has 3 heterocycles. The number of hydrogen-bond acceptors (Lipinski definition) is 5. The van der Waals surface area contributed by atoms with Gasteiger partial charge >= 0.3 is 0 Å². The molecule has 1 aliphatic heterocycles. The van der Waals surface area contributed by atoms with Crippen LogP contribution in [-0.4, -0.2) is 49.1 Å². The quantitative estimate of drug-likeness (QED) is 0.753. The van der Waals surface area contributed by atoms with Crippen LogP contribution in [-0.2, 0) is 19.4 Å². The summed E-state index contributed by atoms with van der Waals surface area (Å²) in [6.45, 7) is 1.85. The van der Waals surface area contributed by atoms with Crippen molar-refractivity contribution in [2.45, 2.75) is 25.8 Å². The summed E-state index contributed by atoms with van der Waals surface area (Å²) < 4.78 is 1.57. The van der Waals surface area contributed by atoms with E-state index in [-0.39, 0.29) is 17.4 Å². The number of benzene rings is 1. The van der Waals surface area contributed by atoms with Crippen LogP contribution >= 0.6 is 0 Å². The van der Waals surface area contributed by atoms with E-state index in [2.05, 4.69) is 20.5 Å². The largest absolute Gasteiger partial charge is 0.338 e. The lowest BCUT2D eigenvalue weighted by Crippen LogP contribution is -2.52. The van der Waals surface area contributed by atoms with E-state index < -0.39 is 0 Å². The van der Waals surface area contributed by atoms with E-state index in [1.54, 1.807) is 33.8 Å². The number of fused-ring (bicyclic) bond motifs is 2. The van der Waals surface area contributed by atoms with Gasteiger partial charge in [-0.3, -0.25) is 9.59 Å². The summed E-state index contributed by atoms with van der Waals surface area (Å²) in [5.41, 5.74) is 4.15. The number of aromatic nitrogens is 5. The first-order valence-electron chi connectivity index (χ1n) is 8.87. The molecule has 132 valence electrons. The van der Waals surface area contributed by atoms with E-state index in [9.17, 15) is 9.59 Å².